The van der Waals surface area contributed by atoms with Gasteiger partial charge in [0.15, 0.2) is 0 Å². The van der Waals surface area contributed by atoms with Gasteiger partial charge < -0.3 is 15.4 Å². The molecule has 0 aliphatic carbocycles. The standard InChI is InChI=1S/C18H21BrN2O2/c1-12-4-7-17(16(19)10-12)21-18(22)20-8-9-23-15-6-5-13(2)14(3)11-15/h4-7,10-11H,8-9H2,1-3H3,(H2,20,21,22). The summed E-state index contributed by atoms with van der Waals surface area (Å²) in [6, 6.07) is 11.5. The van der Waals surface area contributed by atoms with E-state index in [1.807, 2.05) is 50.2 Å². The number of hydrogen-bond donors (Lipinski definition) is 2. The number of halogens is 1. The summed E-state index contributed by atoms with van der Waals surface area (Å²) in [7, 11) is 0. The minimum Gasteiger partial charge on any atom is -0.492 e. The van der Waals surface area contributed by atoms with Crippen molar-refractivity contribution in [3.63, 3.8) is 0 Å². The van der Waals surface area contributed by atoms with E-state index in [1.165, 1.54) is 11.1 Å². The van der Waals surface area contributed by atoms with Crippen molar-refractivity contribution in [1.82, 2.24) is 5.32 Å². The van der Waals surface area contributed by atoms with Gasteiger partial charge in [-0.05, 0) is 77.7 Å². The molecular formula is C18H21BrN2O2. The second-order valence-electron chi connectivity index (χ2n) is 5.46. The van der Waals surface area contributed by atoms with Gasteiger partial charge in [0.1, 0.15) is 12.4 Å². The SMILES string of the molecule is Cc1ccc(NC(=O)NCCOc2ccc(C)c(C)c2)c(Br)c1. The quantitative estimate of drug-likeness (QED) is 0.750. The summed E-state index contributed by atoms with van der Waals surface area (Å²) in [5.74, 6) is 0.816. The van der Waals surface area contributed by atoms with Crippen molar-refractivity contribution in [2.45, 2.75) is 20.8 Å². The van der Waals surface area contributed by atoms with Crippen LogP contribution in [0.2, 0.25) is 0 Å². The summed E-state index contributed by atoms with van der Waals surface area (Å²) in [6.07, 6.45) is 0. The molecule has 5 heteroatoms. The summed E-state index contributed by atoms with van der Waals surface area (Å²) in [5.41, 5.74) is 4.30. The first kappa shape index (κ1) is 17.3. The third kappa shape index (κ3) is 5.28. The second-order valence-corrected chi connectivity index (χ2v) is 6.31. The number of benzene rings is 2. The molecule has 0 bridgehead atoms. The molecule has 23 heavy (non-hydrogen) atoms. The molecule has 0 heterocycles. The molecule has 2 aromatic rings. The molecule has 2 N–H and O–H groups in total. The molecule has 0 aromatic heterocycles. The highest BCUT2D eigenvalue weighted by Crippen LogP contribution is 2.23. The molecule has 2 aromatic carbocycles. The lowest BCUT2D eigenvalue weighted by Gasteiger charge is -2.11. The van der Waals surface area contributed by atoms with E-state index in [0.717, 1.165) is 21.5 Å². The fraction of sp³-hybridized carbons (Fsp3) is 0.278. The van der Waals surface area contributed by atoms with E-state index in [9.17, 15) is 4.79 Å². The highest BCUT2D eigenvalue weighted by Gasteiger charge is 2.05. The molecule has 0 saturated heterocycles. The zero-order valence-corrected chi connectivity index (χ0v) is 15.2. The summed E-state index contributed by atoms with van der Waals surface area (Å²) in [4.78, 5) is 11.9. The number of rotatable bonds is 5. The minimum atomic E-state index is -0.252. The maximum atomic E-state index is 11.9. The molecule has 0 spiro atoms. The average Bonchev–Trinajstić information content (AvgIpc) is 2.50. The Balaban J connectivity index is 1.75. The molecule has 0 fully saturated rings. The Morgan fingerprint density at radius 1 is 1.09 bits per heavy atom. The lowest BCUT2D eigenvalue weighted by atomic mass is 10.1. The Morgan fingerprint density at radius 2 is 1.87 bits per heavy atom. The molecule has 2 rings (SSSR count). The number of aryl methyl sites for hydroxylation is 3. The van der Waals surface area contributed by atoms with Crippen molar-refractivity contribution in [2.75, 3.05) is 18.5 Å². The van der Waals surface area contributed by atoms with E-state index in [4.69, 9.17) is 4.74 Å². The van der Waals surface area contributed by atoms with Gasteiger partial charge in [-0.2, -0.15) is 0 Å². The number of nitrogens with one attached hydrogen (secondary N) is 2. The fourth-order valence-corrected chi connectivity index (χ4v) is 2.62. The van der Waals surface area contributed by atoms with Crippen LogP contribution in [0.25, 0.3) is 0 Å². The number of amides is 2. The predicted molar refractivity (Wildman–Crippen MR) is 97.3 cm³/mol. The monoisotopic (exact) mass is 376 g/mol. The molecule has 0 aliphatic heterocycles. The first-order valence-electron chi connectivity index (χ1n) is 7.47. The average molecular weight is 377 g/mol. The van der Waals surface area contributed by atoms with E-state index < -0.39 is 0 Å². The van der Waals surface area contributed by atoms with Crippen molar-refractivity contribution < 1.29 is 9.53 Å². The number of carbonyl (C=O) groups excluding carboxylic acids is 1. The Hall–Kier alpha value is -2.01. The third-order valence-corrected chi connectivity index (χ3v) is 4.16. The number of carbonyl (C=O) groups is 1. The summed E-state index contributed by atoms with van der Waals surface area (Å²) in [6.45, 7) is 6.97. The Bertz CT molecular complexity index is 701. The first-order valence-corrected chi connectivity index (χ1v) is 8.26. The molecule has 4 nitrogen and oxygen atoms in total. The zero-order chi connectivity index (χ0) is 16.8. The van der Waals surface area contributed by atoms with Crippen LogP contribution in [0.5, 0.6) is 5.75 Å². The zero-order valence-electron chi connectivity index (χ0n) is 13.6. The van der Waals surface area contributed by atoms with Crippen LogP contribution >= 0.6 is 15.9 Å². The van der Waals surface area contributed by atoms with Gasteiger partial charge in [0.2, 0.25) is 0 Å². The Kier molecular flexibility index (Phi) is 6.04. The second kappa shape index (κ2) is 8.02. The number of anilines is 1. The van der Waals surface area contributed by atoms with Crippen LogP contribution in [0.4, 0.5) is 10.5 Å². The minimum absolute atomic E-state index is 0.252. The van der Waals surface area contributed by atoms with Crippen LogP contribution < -0.4 is 15.4 Å². The van der Waals surface area contributed by atoms with Gasteiger partial charge in [0, 0.05) is 4.47 Å². The topological polar surface area (TPSA) is 50.4 Å². The van der Waals surface area contributed by atoms with Crippen molar-refractivity contribution in [2.24, 2.45) is 0 Å². The lowest BCUT2D eigenvalue weighted by Crippen LogP contribution is -2.32. The first-order chi connectivity index (χ1) is 11.0. The van der Waals surface area contributed by atoms with E-state index in [-0.39, 0.29) is 6.03 Å². The molecular weight excluding hydrogens is 356 g/mol. The van der Waals surface area contributed by atoms with Crippen molar-refractivity contribution >= 4 is 27.6 Å². The van der Waals surface area contributed by atoms with Gasteiger partial charge in [0.25, 0.3) is 0 Å². The molecule has 0 saturated carbocycles. The Morgan fingerprint density at radius 3 is 2.57 bits per heavy atom. The molecule has 2 amide bonds. The van der Waals surface area contributed by atoms with Gasteiger partial charge in [-0.1, -0.05) is 12.1 Å². The predicted octanol–water partition coefficient (Wildman–Crippen LogP) is 4.57. The van der Waals surface area contributed by atoms with Crippen LogP contribution in [0.15, 0.2) is 40.9 Å². The van der Waals surface area contributed by atoms with E-state index in [1.54, 1.807) is 0 Å². The van der Waals surface area contributed by atoms with Gasteiger partial charge in [-0.15, -0.1) is 0 Å². The smallest absolute Gasteiger partial charge is 0.319 e. The van der Waals surface area contributed by atoms with E-state index in [0.29, 0.717) is 13.2 Å². The largest absolute Gasteiger partial charge is 0.492 e. The summed E-state index contributed by atoms with van der Waals surface area (Å²) >= 11 is 3.43. The highest BCUT2D eigenvalue weighted by atomic mass is 79.9. The van der Waals surface area contributed by atoms with Crippen molar-refractivity contribution in [1.29, 1.82) is 0 Å². The van der Waals surface area contributed by atoms with Crippen LogP contribution in [0.3, 0.4) is 0 Å². The number of ether oxygens (including phenoxy) is 1. The maximum Gasteiger partial charge on any atom is 0.319 e. The van der Waals surface area contributed by atoms with Crippen LogP contribution in [-0.2, 0) is 0 Å². The third-order valence-electron chi connectivity index (χ3n) is 3.51. The highest BCUT2D eigenvalue weighted by molar-refractivity contribution is 9.10. The molecule has 122 valence electrons. The van der Waals surface area contributed by atoms with Gasteiger partial charge in [-0.25, -0.2) is 4.79 Å². The summed E-state index contributed by atoms with van der Waals surface area (Å²) < 4.78 is 6.49. The van der Waals surface area contributed by atoms with Crippen LogP contribution in [-0.4, -0.2) is 19.2 Å². The normalized spacial score (nSPS) is 10.3. The van der Waals surface area contributed by atoms with Gasteiger partial charge in [-0.3, -0.25) is 0 Å². The van der Waals surface area contributed by atoms with E-state index in [2.05, 4.69) is 33.5 Å². The number of urea groups is 1. The summed E-state index contributed by atoms with van der Waals surface area (Å²) in [5, 5.41) is 5.57. The number of hydrogen-bond acceptors (Lipinski definition) is 2. The molecule has 0 atom stereocenters. The van der Waals surface area contributed by atoms with Gasteiger partial charge in [0.05, 0.1) is 12.2 Å². The Labute approximate surface area is 145 Å². The van der Waals surface area contributed by atoms with Crippen LogP contribution in [0.1, 0.15) is 16.7 Å². The maximum absolute atomic E-state index is 11.9. The molecule has 0 unspecified atom stereocenters. The van der Waals surface area contributed by atoms with Crippen molar-refractivity contribution in [3.05, 3.63) is 57.6 Å². The van der Waals surface area contributed by atoms with Crippen molar-refractivity contribution in [3.8, 4) is 5.75 Å². The lowest BCUT2D eigenvalue weighted by molar-refractivity contribution is 0.247. The van der Waals surface area contributed by atoms with Crippen LogP contribution in [0, 0.1) is 20.8 Å². The molecule has 0 aliphatic rings. The fourth-order valence-electron chi connectivity index (χ4n) is 2.03. The molecule has 0 radical (unpaired) electrons. The van der Waals surface area contributed by atoms with E-state index >= 15 is 0 Å². The van der Waals surface area contributed by atoms with Gasteiger partial charge >= 0.3 is 6.03 Å².